The fourth-order valence-electron chi connectivity index (χ4n) is 3.88. The Bertz CT molecular complexity index is 848. The summed E-state index contributed by atoms with van der Waals surface area (Å²) in [5, 5.41) is 3.72. The lowest BCUT2D eigenvalue weighted by atomic mass is 10.0. The molecule has 1 saturated heterocycles. The largest absolute Gasteiger partial charge is 0.371 e. The van der Waals surface area contributed by atoms with Crippen LogP contribution >= 0.6 is 0 Å². The maximum Gasteiger partial charge on any atom is 0.105 e. The Kier molecular flexibility index (Phi) is 5.54. The van der Waals surface area contributed by atoms with Gasteiger partial charge in [0, 0.05) is 50.3 Å². The highest BCUT2D eigenvalue weighted by Crippen LogP contribution is 2.26. The molecule has 0 bridgehead atoms. The van der Waals surface area contributed by atoms with E-state index in [1.165, 1.54) is 29.7 Å². The van der Waals surface area contributed by atoms with Crippen LogP contribution in [0.1, 0.15) is 18.7 Å². The van der Waals surface area contributed by atoms with Crippen LogP contribution in [-0.4, -0.2) is 35.2 Å². The molecule has 0 amide bonds. The fraction of sp³-hybridized carbons (Fsp3) is 0.348. The molecule has 2 aromatic carbocycles. The summed E-state index contributed by atoms with van der Waals surface area (Å²) in [6, 6.07) is 20.2. The summed E-state index contributed by atoms with van der Waals surface area (Å²) < 4.78 is 2.21. The minimum atomic E-state index is 0.613. The molecular formula is C23H28N4. The second kappa shape index (κ2) is 8.40. The number of hydrogen-bond donors (Lipinski definition) is 1. The number of hydrogen-bond acceptors (Lipinski definition) is 3. The molecule has 27 heavy (non-hydrogen) atoms. The van der Waals surface area contributed by atoms with Crippen LogP contribution in [-0.2, 0) is 6.54 Å². The average molecular weight is 361 g/mol. The molecule has 3 aromatic rings. The van der Waals surface area contributed by atoms with Gasteiger partial charge in [0.05, 0.1) is 0 Å². The first-order valence-electron chi connectivity index (χ1n) is 9.91. The van der Waals surface area contributed by atoms with Gasteiger partial charge in [0.15, 0.2) is 0 Å². The maximum atomic E-state index is 4.28. The summed E-state index contributed by atoms with van der Waals surface area (Å²) in [5.41, 5.74) is 3.92. The number of imidazole rings is 1. The molecule has 140 valence electrons. The Morgan fingerprint density at radius 2 is 1.78 bits per heavy atom. The van der Waals surface area contributed by atoms with Gasteiger partial charge in [-0.1, -0.05) is 42.5 Å². The van der Waals surface area contributed by atoms with Crippen molar-refractivity contribution in [3.8, 4) is 11.1 Å². The van der Waals surface area contributed by atoms with E-state index >= 15 is 0 Å². The van der Waals surface area contributed by atoms with Crippen molar-refractivity contribution in [2.24, 2.45) is 0 Å². The highest BCUT2D eigenvalue weighted by Gasteiger charge is 2.19. The van der Waals surface area contributed by atoms with Gasteiger partial charge in [0.1, 0.15) is 5.82 Å². The summed E-state index contributed by atoms with van der Waals surface area (Å²) in [6.45, 7) is 6.28. The van der Waals surface area contributed by atoms with Crippen molar-refractivity contribution >= 4 is 5.69 Å². The van der Waals surface area contributed by atoms with Crippen LogP contribution in [0.4, 0.5) is 5.69 Å². The van der Waals surface area contributed by atoms with E-state index in [2.05, 4.69) is 87.5 Å². The smallest absolute Gasteiger partial charge is 0.105 e. The molecule has 4 heteroatoms. The minimum Gasteiger partial charge on any atom is -0.371 e. The summed E-state index contributed by atoms with van der Waals surface area (Å²) >= 11 is 0. The molecule has 0 radical (unpaired) electrons. The van der Waals surface area contributed by atoms with Gasteiger partial charge in [0.2, 0.25) is 0 Å². The van der Waals surface area contributed by atoms with Crippen molar-refractivity contribution in [2.75, 3.05) is 24.5 Å². The molecule has 0 atom stereocenters. The average Bonchev–Trinajstić information content (AvgIpc) is 3.14. The Morgan fingerprint density at radius 1 is 1.00 bits per heavy atom. The molecule has 0 unspecified atom stereocenters. The molecule has 0 spiro atoms. The van der Waals surface area contributed by atoms with Crippen LogP contribution in [0.5, 0.6) is 0 Å². The maximum absolute atomic E-state index is 4.28. The van der Waals surface area contributed by atoms with Gasteiger partial charge >= 0.3 is 0 Å². The standard InChI is InChI=1S/C23H28N4/c1-19-24-12-16-26(19)17-13-25-22-10-14-27(15-11-22)23-9-5-8-21(18-23)20-6-3-2-4-7-20/h2-9,12,16,18,22,25H,10-11,13-15,17H2,1H3. The van der Waals surface area contributed by atoms with Gasteiger partial charge in [-0.25, -0.2) is 4.98 Å². The minimum absolute atomic E-state index is 0.613. The molecule has 1 fully saturated rings. The number of anilines is 1. The fourth-order valence-corrected chi connectivity index (χ4v) is 3.88. The third-order valence-corrected chi connectivity index (χ3v) is 5.52. The SMILES string of the molecule is Cc1nccn1CCNC1CCN(c2cccc(-c3ccccc3)c2)CC1. The van der Waals surface area contributed by atoms with Crippen LogP contribution in [0.2, 0.25) is 0 Å². The van der Waals surface area contributed by atoms with E-state index in [4.69, 9.17) is 0 Å². The van der Waals surface area contributed by atoms with Crippen molar-refractivity contribution in [3.05, 3.63) is 72.8 Å². The van der Waals surface area contributed by atoms with Gasteiger partial charge in [0.25, 0.3) is 0 Å². The molecule has 2 heterocycles. The van der Waals surface area contributed by atoms with Crippen LogP contribution < -0.4 is 10.2 Å². The van der Waals surface area contributed by atoms with E-state index in [1.54, 1.807) is 0 Å². The Balaban J connectivity index is 1.30. The number of nitrogens with one attached hydrogen (secondary N) is 1. The van der Waals surface area contributed by atoms with Crippen molar-refractivity contribution < 1.29 is 0 Å². The topological polar surface area (TPSA) is 33.1 Å². The lowest BCUT2D eigenvalue weighted by molar-refractivity contribution is 0.405. The van der Waals surface area contributed by atoms with E-state index < -0.39 is 0 Å². The van der Waals surface area contributed by atoms with Gasteiger partial charge in [-0.05, 0) is 43.0 Å². The molecule has 1 N–H and O–H groups in total. The van der Waals surface area contributed by atoms with Crippen molar-refractivity contribution in [2.45, 2.75) is 32.4 Å². The van der Waals surface area contributed by atoms with Gasteiger partial charge < -0.3 is 14.8 Å². The van der Waals surface area contributed by atoms with Gasteiger partial charge in [-0.15, -0.1) is 0 Å². The van der Waals surface area contributed by atoms with Crippen LogP contribution in [0.3, 0.4) is 0 Å². The zero-order valence-corrected chi connectivity index (χ0v) is 16.0. The normalized spacial score (nSPS) is 15.2. The van der Waals surface area contributed by atoms with Crippen LogP contribution in [0.25, 0.3) is 11.1 Å². The number of aryl methyl sites for hydroxylation is 1. The van der Waals surface area contributed by atoms with Gasteiger partial charge in [-0.3, -0.25) is 0 Å². The molecule has 1 aliphatic rings. The predicted octanol–water partition coefficient (Wildman–Crippen LogP) is 4.12. The van der Waals surface area contributed by atoms with Crippen LogP contribution in [0, 0.1) is 6.92 Å². The Hall–Kier alpha value is -2.59. The summed E-state index contributed by atoms with van der Waals surface area (Å²) in [6.07, 6.45) is 6.31. The first-order chi connectivity index (χ1) is 13.3. The monoisotopic (exact) mass is 360 g/mol. The van der Waals surface area contributed by atoms with Gasteiger partial charge in [-0.2, -0.15) is 0 Å². The predicted molar refractivity (Wildman–Crippen MR) is 112 cm³/mol. The summed E-state index contributed by atoms with van der Waals surface area (Å²) in [5.74, 6) is 1.09. The molecule has 4 rings (SSSR count). The van der Waals surface area contributed by atoms with E-state index in [0.717, 1.165) is 32.0 Å². The zero-order chi connectivity index (χ0) is 18.5. The number of piperidine rings is 1. The molecule has 4 nitrogen and oxygen atoms in total. The zero-order valence-electron chi connectivity index (χ0n) is 16.0. The lowest BCUT2D eigenvalue weighted by Gasteiger charge is -2.34. The lowest BCUT2D eigenvalue weighted by Crippen LogP contribution is -2.43. The first kappa shape index (κ1) is 17.8. The van der Waals surface area contributed by atoms with E-state index in [-0.39, 0.29) is 0 Å². The Morgan fingerprint density at radius 3 is 2.52 bits per heavy atom. The number of rotatable bonds is 6. The highest BCUT2D eigenvalue weighted by atomic mass is 15.2. The number of nitrogens with zero attached hydrogens (tertiary/aromatic N) is 3. The third kappa shape index (κ3) is 4.40. The third-order valence-electron chi connectivity index (χ3n) is 5.52. The van der Waals surface area contributed by atoms with Crippen molar-refractivity contribution in [1.82, 2.24) is 14.9 Å². The second-order valence-corrected chi connectivity index (χ2v) is 7.30. The van der Waals surface area contributed by atoms with E-state index in [0.29, 0.717) is 6.04 Å². The molecule has 0 aliphatic carbocycles. The Labute approximate surface area is 161 Å². The summed E-state index contributed by atoms with van der Waals surface area (Å²) in [7, 11) is 0. The number of benzene rings is 2. The van der Waals surface area contributed by atoms with Crippen LogP contribution in [0.15, 0.2) is 67.0 Å². The highest BCUT2D eigenvalue weighted by molar-refractivity contribution is 5.68. The molecule has 0 saturated carbocycles. The number of aromatic nitrogens is 2. The van der Waals surface area contributed by atoms with E-state index in [9.17, 15) is 0 Å². The van der Waals surface area contributed by atoms with Crippen molar-refractivity contribution in [3.63, 3.8) is 0 Å². The summed E-state index contributed by atoms with van der Waals surface area (Å²) in [4.78, 5) is 6.80. The van der Waals surface area contributed by atoms with E-state index in [1.807, 2.05) is 6.20 Å². The van der Waals surface area contributed by atoms with Crippen molar-refractivity contribution in [1.29, 1.82) is 0 Å². The second-order valence-electron chi connectivity index (χ2n) is 7.30. The molecule has 1 aliphatic heterocycles. The first-order valence-corrected chi connectivity index (χ1v) is 9.91. The molecule has 1 aromatic heterocycles. The quantitative estimate of drug-likeness (QED) is 0.718. The molecular weight excluding hydrogens is 332 g/mol.